The molecule has 2 aromatic rings. The maximum atomic E-state index is 9.43. The lowest BCUT2D eigenvalue weighted by Crippen LogP contribution is -1.96. The molecule has 0 spiro atoms. The van der Waals surface area contributed by atoms with E-state index in [1.165, 1.54) is 5.56 Å². The highest BCUT2D eigenvalue weighted by molar-refractivity contribution is 5.29. The van der Waals surface area contributed by atoms with E-state index in [-0.39, 0.29) is 0 Å². The van der Waals surface area contributed by atoms with Gasteiger partial charge in [0.1, 0.15) is 12.4 Å². The van der Waals surface area contributed by atoms with Gasteiger partial charge in [0.2, 0.25) is 0 Å². The SMILES string of the molecule is CCc1ccc(COc2ccc(C(C)O)cc2)cc1. The molecule has 0 heterocycles. The third kappa shape index (κ3) is 3.83. The molecule has 100 valence electrons. The molecule has 0 amide bonds. The van der Waals surface area contributed by atoms with Crippen LogP contribution in [0.4, 0.5) is 0 Å². The molecular weight excluding hydrogens is 236 g/mol. The quantitative estimate of drug-likeness (QED) is 0.879. The molecule has 0 aliphatic heterocycles. The van der Waals surface area contributed by atoms with Crippen molar-refractivity contribution in [3.8, 4) is 5.75 Å². The van der Waals surface area contributed by atoms with Gasteiger partial charge in [0.05, 0.1) is 6.10 Å². The third-order valence-electron chi connectivity index (χ3n) is 3.20. The van der Waals surface area contributed by atoms with E-state index < -0.39 is 6.10 Å². The molecule has 1 atom stereocenters. The first kappa shape index (κ1) is 13.6. The normalized spacial score (nSPS) is 12.2. The monoisotopic (exact) mass is 256 g/mol. The van der Waals surface area contributed by atoms with Crippen molar-refractivity contribution in [1.82, 2.24) is 0 Å². The third-order valence-corrected chi connectivity index (χ3v) is 3.20. The smallest absolute Gasteiger partial charge is 0.119 e. The first-order chi connectivity index (χ1) is 9.19. The van der Waals surface area contributed by atoms with E-state index in [1.807, 2.05) is 24.3 Å². The molecule has 1 unspecified atom stereocenters. The Morgan fingerprint density at radius 3 is 2.05 bits per heavy atom. The summed E-state index contributed by atoms with van der Waals surface area (Å²) in [5, 5.41) is 9.43. The average Bonchev–Trinajstić information content (AvgIpc) is 2.46. The van der Waals surface area contributed by atoms with E-state index in [4.69, 9.17) is 4.74 Å². The Balaban J connectivity index is 1.94. The highest BCUT2D eigenvalue weighted by Crippen LogP contribution is 2.18. The molecule has 0 bridgehead atoms. The zero-order valence-electron chi connectivity index (χ0n) is 11.5. The predicted octanol–water partition coefficient (Wildman–Crippen LogP) is 3.88. The van der Waals surface area contributed by atoms with Crippen molar-refractivity contribution in [3.05, 3.63) is 65.2 Å². The number of aliphatic hydroxyl groups excluding tert-OH is 1. The predicted molar refractivity (Wildman–Crippen MR) is 77.2 cm³/mol. The van der Waals surface area contributed by atoms with Gasteiger partial charge in [-0.3, -0.25) is 0 Å². The van der Waals surface area contributed by atoms with Gasteiger partial charge >= 0.3 is 0 Å². The Bertz CT molecular complexity index is 498. The van der Waals surface area contributed by atoms with Crippen LogP contribution in [0, 0.1) is 0 Å². The van der Waals surface area contributed by atoms with Crippen LogP contribution in [0.25, 0.3) is 0 Å². The van der Waals surface area contributed by atoms with Crippen LogP contribution in [0.3, 0.4) is 0 Å². The number of rotatable bonds is 5. The molecule has 0 aromatic heterocycles. The zero-order valence-corrected chi connectivity index (χ0v) is 11.5. The average molecular weight is 256 g/mol. The summed E-state index contributed by atoms with van der Waals surface area (Å²) in [4.78, 5) is 0. The van der Waals surface area contributed by atoms with Crippen LogP contribution >= 0.6 is 0 Å². The van der Waals surface area contributed by atoms with Crippen LogP contribution in [0.5, 0.6) is 5.75 Å². The first-order valence-corrected chi connectivity index (χ1v) is 6.67. The summed E-state index contributed by atoms with van der Waals surface area (Å²) in [5.41, 5.74) is 3.40. The van der Waals surface area contributed by atoms with Gasteiger partial charge in [0.15, 0.2) is 0 Å². The van der Waals surface area contributed by atoms with Crippen LogP contribution < -0.4 is 4.74 Å². The summed E-state index contributed by atoms with van der Waals surface area (Å²) >= 11 is 0. The Morgan fingerprint density at radius 2 is 1.53 bits per heavy atom. The standard InChI is InChI=1S/C17H20O2/c1-3-14-4-6-15(7-5-14)12-19-17-10-8-16(9-11-17)13(2)18/h4-11,13,18H,3,12H2,1-2H3. The van der Waals surface area contributed by atoms with E-state index in [2.05, 4.69) is 31.2 Å². The molecule has 0 fully saturated rings. The minimum absolute atomic E-state index is 0.435. The second-order valence-electron chi connectivity index (χ2n) is 4.70. The van der Waals surface area contributed by atoms with Gasteiger partial charge in [-0.2, -0.15) is 0 Å². The molecule has 0 aliphatic carbocycles. The number of aliphatic hydroxyl groups is 1. The molecular formula is C17H20O2. The second-order valence-corrected chi connectivity index (χ2v) is 4.70. The summed E-state index contributed by atoms with van der Waals surface area (Å²) in [5.74, 6) is 0.823. The molecule has 0 saturated carbocycles. The second kappa shape index (κ2) is 6.39. The maximum absolute atomic E-state index is 9.43. The number of aryl methyl sites for hydroxylation is 1. The van der Waals surface area contributed by atoms with Crippen molar-refractivity contribution in [3.63, 3.8) is 0 Å². The lowest BCUT2D eigenvalue weighted by molar-refractivity contribution is 0.199. The fourth-order valence-electron chi connectivity index (χ4n) is 1.88. The molecule has 19 heavy (non-hydrogen) atoms. The number of benzene rings is 2. The van der Waals surface area contributed by atoms with Crippen molar-refractivity contribution >= 4 is 0 Å². The first-order valence-electron chi connectivity index (χ1n) is 6.67. The molecule has 2 nitrogen and oxygen atoms in total. The lowest BCUT2D eigenvalue weighted by Gasteiger charge is -2.09. The largest absolute Gasteiger partial charge is 0.489 e. The molecule has 2 heteroatoms. The van der Waals surface area contributed by atoms with Crippen LogP contribution in [-0.2, 0) is 13.0 Å². The highest BCUT2D eigenvalue weighted by atomic mass is 16.5. The van der Waals surface area contributed by atoms with Gasteiger partial charge in [-0.25, -0.2) is 0 Å². The fraction of sp³-hybridized carbons (Fsp3) is 0.294. The van der Waals surface area contributed by atoms with Crippen LogP contribution in [0.2, 0.25) is 0 Å². The molecule has 1 N–H and O–H groups in total. The lowest BCUT2D eigenvalue weighted by atomic mass is 10.1. The number of hydrogen-bond acceptors (Lipinski definition) is 2. The Morgan fingerprint density at radius 1 is 0.947 bits per heavy atom. The minimum Gasteiger partial charge on any atom is -0.489 e. The van der Waals surface area contributed by atoms with Crippen molar-refractivity contribution in [2.75, 3.05) is 0 Å². The van der Waals surface area contributed by atoms with Crippen LogP contribution in [0.15, 0.2) is 48.5 Å². The van der Waals surface area contributed by atoms with Crippen molar-refractivity contribution in [2.45, 2.75) is 33.0 Å². The molecule has 2 aromatic carbocycles. The van der Waals surface area contributed by atoms with Gasteiger partial charge in [-0.05, 0) is 42.2 Å². The summed E-state index contributed by atoms with van der Waals surface area (Å²) in [6.07, 6.45) is 0.623. The number of ether oxygens (including phenoxy) is 1. The van der Waals surface area contributed by atoms with Gasteiger partial charge in [0.25, 0.3) is 0 Å². The van der Waals surface area contributed by atoms with Gasteiger partial charge in [-0.15, -0.1) is 0 Å². The summed E-state index contributed by atoms with van der Waals surface area (Å²) < 4.78 is 5.72. The van der Waals surface area contributed by atoms with Crippen LogP contribution in [-0.4, -0.2) is 5.11 Å². The molecule has 0 saturated heterocycles. The molecule has 2 rings (SSSR count). The van der Waals surface area contributed by atoms with E-state index in [0.29, 0.717) is 6.61 Å². The Kier molecular flexibility index (Phi) is 4.58. The Hall–Kier alpha value is -1.80. The molecule has 0 aliphatic rings. The van der Waals surface area contributed by atoms with E-state index in [9.17, 15) is 5.11 Å². The number of hydrogen-bond donors (Lipinski definition) is 1. The van der Waals surface area contributed by atoms with Gasteiger partial charge in [0, 0.05) is 0 Å². The van der Waals surface area contributed by atoms with Gasteiger partial charge in [-0.1, -0.05) is 43.3 Å². The highest BCUT2D eigenvalue weighted by Gasteiger charge is 2.01. The van der Waals surface area contributed by atoms with Crippen LogP contribution in [0.1, 0.15) is 36.6 Å². The minimum atomic E-state index is -0.435. The van der Waals surface area contributed by atoms with Crippen molar-refractivity contribution < 1.29 is 9.84 Å². The Labute approximate surface area is 114 Å². The van der Waals surface area contributed by atoms with E-state index in [1.54, 1.807) is 6.92 Å². The van der Waals surface area contributed by atoms with E-state index in [0.717, 1.165) is 23.3 Å². The van der Waals surface area contributed by atoms with E-state index >= 15 is 0 Å². The summed E-state index contributed by atoms with van der Waals surface area (Å²) in [6.45, 7) is 4.47. The summed E-state index contributed by atoms with van der Waals surface area (Å²) in [7, 11) is 0. The van der Waals surface area contributed by atoms with Crippen molar-refractivity contribution in [1.29, 1.82) is 0 Å². The zero-order chi connectivity index (χ0) is 13.7. The maximum Gasteiger partial charge on any atom is 0.119 e. The summed E-state index contributed by atoms with van der Waals surface area (Å²) in [6, 6.07) is 16.0. The fourth-order valence-corrected chi connectivity index (χ4v) is 1.88. The molecule has 0 radical (unpaired) electrons. The van der Waals surface area contributed by atoms with Gasteiger partial charge < -0.3 is 9.84 Å². The van der Waals surface area contributed by atoms with Crippen molar-refractivity contribution in [2.24, 2.45) is 0 Å². The topological polar surface area (TPSA) is 29.5 Å².